The van der Waals surface area contributed by atoms with Crippen LogP contribution < -0.4 is 5.32 Å². The molecule has 108 valence electrons. The van der Waals surface area contributed by atoms with Gasteiger partial charge in [0, 0.05) is 19.6 Å². The van der Waals surface area contributed by atoms with E-state index < -0.39 is 15.8 Å². The molecule has 0 aromatic heterocycles. The third-order valence-corrected chi connectivity index (χ3v) is 5.22. The molecule has 1 N–H and O–H groups in total. The minimum atomic E-state index is -3.76. The second-order valence-electron chi connectivity index (χ2n) is 4.60. The van der Waals surface area contributed by atoms with Crippen LogP contribution in [-0.2, 0) is 10.0 Å². The maximum absolute atomic E-state index is 13.7. The van der Waals surface area contributed by atoms with Gasteiger partial charge in [0.1, 0.15) is 10.7 Å². The van der Waals surface area contributed by atoms with E-state index in [1.165, 1.54) is 23.5 Å². The van der Waals surface area contributed by atoms with Crippen LogP contribution in [0.3, 0.4) is 0 Å². The van der Waals surface area contributed by atoms with Gasteiger partial charge in [0.05, 0.1) is 0 Å². The molecule has 1 aromatic rings. The van der Waals surface area contributed by atoms with Gasteiger partial charge in [-0.3, -0.25) is 0 Å². The van der Waals surface area contributed by atoms with Crippen LogP contribution in [0.2, 0.25) is 0 Å². The first-order valence-electron chi connectivity index (χ1n) is 5.88. The van der Waals surface area contributed by atoms with Crippen molar-refractivity contribution >= 4 is 22.4 Å². The van der Waals surface area contributed by atoms with Crippen LogP contribution in [0, 0.1) is 12.7 Å². The average Bonchev–Trinajstić information content (AvgIpc) is 2.84. The topological polar surface area (TPSA) is 49.4 Å². The third kappa shape index (κ3) is 3.25. The molecule has 19 heavy (non-hydrogen) atoms. The van der Waals surface area contributed by atoms with Gasteiger partial charge >= 0.3 is 0 Å². The summed E-state index contributed by atoms with van der Waals surface area (Å²) < 4.78 is 39.7. The van der Waals surface area contributed by atoms with Crippen molar-refractivity contribution in [3.63, 3.8) is 0 Å². The fraction of sp³-hybridized carbons (Fsp3) is 0.500. The molecule has 0 amide bonds. The van der Waals surface area contributed by atoms with Crippen molar-refractivity contribution in [3.05, 3.63) is 29.6 Å². The van der Waals surface area contributed by atoms with Gasteiger partial charge in [0.15, 0.2) is 0 Å². The van der Waals surface area contributed by atoms with Gasteiger partial charge in [-0.15, -0.1) is 12.4 Å². The second kappa shape index (κ2) is 6.17. The predicted molar refractivity (Wildman–Crippen MR) is 74.6 cm³/mol. The summed E-state index contributed by atoms with van der Waals surface area (Å²) in [6.07, 6.45) is 0.753. The number of halogens is 2. The lowest BCUT2D eigenvalue weighted by Gasteiger charge is -2.23. The smallest absolute Gasteiger partial charge is 0.246 e. The summed E-state index contributed by atoms with van der Waals surface area (Å²) in [5.41, 5.74) is 0.730. The number of nitrogens with zero attached hydrogens (tertiary/aromatic N) is 1. The summed E-state index contributed by atoms with van der Waals surface area (Å²) in [4.78, 5) is -0.239. The molecule has 7 heteroatoms. The molecule has 4 nitrogen and oxygen atoms in total. The second-order valence-corrected chi connectivity index (χ2v) is 6.57. The molecule has 1 aliphatic heterocycles. The van der Waals surface area contributed by atoms with Crippen LogP contribution in [0.5, 0.6) is 0 Å². The Morgan fingerprint density at radius 2 is 2.11 bits per heavy atom. The molecule has 1 saturated heterocycles. The normalized spacial score (nSPS) is 19.5. The van der Waals surface area contributed by atoms with Crippen molar-refractivity contribution < 1.29 is 12.8 Å². The van der Waals surface area contributed by atoms with Gasteiger partial charge in [-0.1, -0.05) is 6.07 Å². The van der Waals surface area contributed by atoms with E-state index in [2.05, 4.69) is 5.32 Å². The number of hydrogen-bond donors (Lipinski definition) is 1. The van der Waals surface area contributed by atoms with Crippen LogP contribution >= 0.6 is 12.4 Å². The minimum absolute atomic E-state index is 0. The molecule has 0 bridgehead atoms. The number of sulfonamides is 1. The molecule has 1 heterocycles. The van der Waals surface area contributed by atoms with Crippen LogP contribution in [0.25, 0.3) is 0 Å². The monoisotopic (exact) mass is 308 g/mol. The Morgan fingerprint density at radius 3 is 2.68 bits per heavy atom. The van der Waals surface area contributed by atoms with E-state index in [9.17, 15) is 12.8 Å². The lowest BCUT2D eigenvalue weighted by molar-refractivity contribution is 0.385. The highest BCUT2D eigenvalue weighted by Gasteiger charge is 2.31. The fourth-order valence-corrected chi connectivity index (χ4v) is 3.64. The molecule has 1 unspecified atom stereocenters. The Morgan fingerprint density at radius 1 is 1.42 bits per heavy atom. The minimum Gasteiger partial charge on any atom is -0.315 e. The number of aryl methyl sites for hydroxylation is 1. The standard InChI is InChI=1S/C12H17FN2O2S.ClH/c1-9-3-4-11(13)12(7-9)18(16,17)15(2)10-5-6-14-8-10;/h3-4,7,10,14H,5-6,8H2,1-2H3;1H. The Labute approximate surface area is 119 Å². The van der Waals surface area contributed by atoms with Crippen molar-refractivity contribution in [2.45, 2.75) is 24.3 Å². The first kappa shape index (κ1) is 16.4. The fourth-order valence-electron chi connectivity index (χ4n) is 2.11. The lowest BCUT2D eigenvalue weighted by Crippen LogP contribution is -2.38. The predicted octanol–water partition coefficient (Wildman–Crippen LogP) is 1.54. The molecule has 1 aliphatic rings. The number of hydrogen-bond acceptors (Lipinski definition) is 3. The molecule has 0 radical (unpaired) electrons. The van der Waals surface area contributed by atoms with E-state index in [4.69, 9.17) is 0 Å². The van der Waals surface area contributed by atoms with Gasteiger partial charge in [-0.25, -0.2) is 12.8 Å². The molecule has 2 rings (SSSR count). The van der Waals surface area contributed by atoms with Gasteiger partial charge in [0.25, 0.3) is 0 Å². The van der Waals surface area contributed by atoms with Crippen LogP contribution in [-0.4, -0.2) is 38.9 Å². The van der Waals surface area contributed by atoms with E-state index in [0.717, 1.165) is 18.5 Å². The maximum Gasteiger partial charge on any atom is 0.246 e. The van der Waals surface area contributed by atoms with E-state index in [-0.39, 0.29) is 23.3 Å². The largest absolute Gasteiger partial charge is 0.315 e. The number of likely N-dealkylation sites (N-methyl/N-ethyl adjacent to an activating group) is 1. The lowest BCUT2D eigenvalue weighted by atomic mass is 10.2. The first-order valence-corrected chi connectivity index (χ1v) is 7.32. The average molecular weight is 309 g/mol. The Bertz CT molecular complexity index is 545. The highest BCUT2D eigenvalue weighted by Crippen LogP contribution is 2.22. The van der Waals surface area contributed by atoms with Crippen LogP contribution in [0.4, 0.5) is 4.39 Å². The van der Waals surface area contributed by atoms with E-state index in [1.807, 2.05) is 0 Å². The Balaban J connectivity index is 0.00000180. The van der Waals surface area contributed by atoms with Gasteiger partial charge in [-0.05, 0) is 37.6 Å². The number of benzene rings is 1. The van der Waals surface area contributed by atoms with Crippen LogP contribution in [0.1, 0.15) is 12.0 Å². The highest BCUT2D eigenvalue weighted by atomic mass is 35.5. The summed E-state index contributed by atoms with van der Waals surface area (Å²) in [6, 6.07) is 4.03. The van der Waals surface area contributed by atoms with E-state index >= 15 is 0 Å². The molecule has 0 aliphatic carbocycles. The molecule has 0 saturated carbocycles. The van der Waals surface area contributed by atoms with Crippen molar-refractivity contribution in [1.29, 1.82) is 0 Å². The first-order chi connectivity index (χ1) is 8.43. The van der Waals surface area contributed by atoms with Crippen molar-refractivity contribution in [1.82, 2.24) is 9.62 Å². The number of rotatable bonds is 3. The molecule has 1 atom stereocenters. The zero-order valence-electron chi connectivity index (χ0n) is 10.9. The maximum atomic E-state index is 13.7. The summed E-state index contributed by atoms with van der Waals surface area (Å²) in [6.45, 7) is 3.15. The van der Waals surface area contributed by atoms with Crippen molar-refractivity contribution in [2.75, 3.05) is 20.1 Å². The van der Waals surface area contributed by atoms with Crippen LogP contribution in [0.15, 0.2) is 23.1 Å². The quantitative estimate of drug-likeness (QED) is 0.921. The van der Waals surface area contributed by atoms with Crippen molar-refractivity contribution in [2.24, 2.45) is 0 Å². The summed E-state index contributed by atoms with van der Waals surface area (Å²) in [7, 11) is -2.25. The van der Waals surface area contributed by atoms with Crippen molar-refractivity contribution in [3.8, 4) is 0 Å². The van der Waals surface area contributed by atoms with Gasteiger partial charge in [0.2, 0.25) is 10.0 Å². The zero-order valence-corrected chi connectivity index (χ0v) is 12.5. The summed E-state index contributed by atoms with van der Waals surface area (Å²) in [5, 5.41) is 3.10. The van der Waals surface area contributed by atoms with E-state index in [1.54, 1.807) is 13.0 Å². The molecule has 1 aromatic carbocycles. The number of nitrogens with one attached hydrogen (secondary N) is 1. The summed E-state index contributed by atoms with van der Waals surface area (Å²) in [5.74, 6) is -0.696. The highest BCUT2D eigenvalue weighted by molar-refractivity contribution is 7.89. The molecular weight excluding hydrogens is 291 g/mol. The summed E-state index contributed by atoms with van der Waals surface area (Å²) >= 11 is 0. The Kier molecular flexibility index (Phi) is 5.32. The Hall–Kier alpha value is -0.690. The third-order valence-electron chi connectivity index (χ3n) is 3.29. The van der Waals surface area contributed by atoms with E-state index in [0.29, 0.717) is 6.54 Å². The van der Waals surface area contributed by atoms with Gasteiger partial charge in [-0.2, -0.15) is 4.31 Å². The molecular formula is C12H18ClFN2O2S. The molecule has 0 spiro atoms. The van der Waals surface area contributed by atoms with Gasteiger partial charge < -0.3 is 5.32 Å². The molecule has 1 fully saturated rings. The zero-order chi connectivity index (χ0) is 13.3. The SMILES string of the molecule is Cc1ccc(F)c(S(=O)(=O)N(C)C2CCNC2)c1.Cl.